The number of nitrogens with one attached hydrogen (secondary N) is 1. The molecule has 5 rings (SSSR count). The number of rotatable bonds is 6. The number of pyridine rings is 1. The molecule has 2 aliphatic rings. The van der Waals surface area contributed by atoms with Gasteiger partial charge in [0.1, 0.15) is 0 Å². The molecule has 0 spiro atoms. The molecule has 0 atom stereocenters. The smallest absolute Gasteiger partial charge is 0.254 e. The second-order valence-corrected chi connectivity index (χ2v) is 8.65. The summed E-state index contributed by atoms with van der Waals surface area (Å²) in [7, 11) is 0. The summed E-state index contributed by atoms with van der Waals surface area (Å²) in [6, 6.07) is 12.6. The minimum absolute atomic E-state index is 0.223. The minimum atomic E-state index is 0.223. The van der Waals surface area contributed by atoms with Gasteiger partial charge in [-0.1, -0.05) is 24.3 Å². The van der Waals surface area contributed by atoms with Gasteiger partial charge in [0, 0.05) is 62.2 Å². The van der Waals surface area contributed by atoms with Crippen molar-refractivity contribution >= 4 is 0 Å². The Bertz CT molecular complexity index is 1060. The summed E-state index contributed by atoms with van der Waals surface area (Å²) in [6.45, 7) is 5.76. The number of aryl methyl sites for hydroxylation is 1. The molecule has 1 aliphatic carbocycles. The Hall–Kier alpha value is -2.66. The highest BCUT2D eigenvalue weighted by Crippen LogP contribution is 2.32. The molecule has 0 amide bonds. The average Bonchev–Trinajstić information content (AvgIpc) is 3.40. The molecule has 1 fully saturated rings. The molecule has 5 nitrogen and oxygen atoms in total. The molecule has 1 aromatic carbocycles. The van der Waals surface area contributed by atoms with Crippen molar-refractivity contribution in [2.45, 2.75) is 52.2 Å². The summed E-state index contributed by atoms with van der Waals surface area (Å²) in [5.74, 6) is 0.688. The number of aromatic nitrogens is 3. The molecular formula is C24H28N4O. The highest BCUT2D eigenvalue weighted by Gasteiger charge is 2.27. The lowest BCUT2D eigenvalue weighted by Crippen LogP contribution is -2.37. The molecule has 29 heavy (non-hydrogen) atoms. The van der Waals surface area contributed by atoms with E-state index in [0.717, 1.165) is 43.9 Å². The number of hydrogen-bond donors (Lipinski definition) is 1. The van der Waals surface area contributed by atoms with Gasteiger partial charge in [-0.2, -0.15) is 5.10 Å². The fraction of sp³-hybridized carbons (Fsp3) is 0.417. The maximum Gasteiger partial charge on any atom is 0.254 e. The molecule has 5 heteroatoms. The van der Waals surface area contributed by atoms with E-state index in [1.54, 1.807) is 6.20 Å². The van der Waals surface area contributed by atoms with Crippen molar-refractivity contribution in [2.24, 2.45) is 5.92 Å². The number of aromatic amines is 1. The van der Waals surface area contributed by atoms with Crippen LogP contribution >= 0.6 is 0 Å². The van der Waals surface area contributed by atoms with Crippen LogP contribution in [0.1, 0.15) is 46.5 Å². The standard InChI is InChI=1S/C24H28N4O/c1-17-4-2-3-5-19(17)12-20-13-21-15-27(16-22-8-10-25-26-22)11-9-23(21)28(24(20)29)14-18-6-7-18/h2-5,8,10,13,18H,6-7,9,11-12,14-16H2,1H3,(H,25,26). The Kier molecular flexibility index (Phi) is 4.84. The van der Waals surface area contributed by atoms with Crippen LogP contribution in [0, 0.1) is 12.8 Å². The predicted molar refractivity (Wildman–Crippen MR) is 114 cm³/mol. The van der Waals surface area contributed by atoms with E-state index in [9.17, 15) is 4.79 Å². The highest BCUT2D eigenvalue weighted by molar-refractivity contribution is 5.35. The fourth-order valence-corrected chi connectivity index (χ4v) is 4.48. The molecule has 2 aromatic heterocycles. The van der Waals surface area contributed by atoms with E-state index in [0.29, 0.717) is 12.3 Å². The van der Waals surface area contributed by atoms with E-state index in [4.69, 9.17) is 0 Å². The Balaban J connectivity index is 1.49. The van der Waals surface area contributed by atoms with Gasteiger partial charge in [-0.15, -0.1) is 0 Å². The Morgan fingerprint density at radius 1 is 1.17 bits per heavy atom. The van der Waals surface area contributed by atoms with Crippen LogP contribution in [0.3, 0.4) is 0 Å². The van der Waals surface area contributed by atoms with Crippen LogP contribution in [-0.4, -0.2) is 26.2 Å². The van der Waals surface area contributed by atoms with Gasteiger partial charge in [-0.3, -0.25) is 14.8 Å². The van der Waals surface area contributed by atoms with Crippen LogP contribution in [0.5, 0.6) is 0 Å². The fourth-order valence-electron chi connectivity index (χ4n) is 4.48. The first-order valence-corrected chi connectivity index (χ1v) is 10.7. The third kappa shape index (κ3) is 3.92. The molecule has 1 aliphatic heterocycles. The molecule has 1 saturated carbocycles. The summed E-state index contributed by atoms with van der Waals surface area (Å²) in [5, 5.41) is 7.14. The summed E-state index contributed by atoms with van der Waals surface area (Å²) >= 11 is 0. The van der Waals surface area contributed by atoms with Crippen molar-refractivity contribution in [2.75, 3.05) is 6.54 Å². The molecule has 150 valence electrons. The third-order valence-electron chi connectivity index (χ3n) is 6.36. The molecule has 3 heterocycles. The molecule has 0 bridgehead atoms. The Labute approximate surface area is 171 Å². The number of fused-ring (bicyclic) bond motifs is 1. The van der Waals surface area contributed by atoms with Crippen LogP contribution in [0.4, 0.5) is 0 Å². The summed E-state index contributed by atoms with van der Waals surface area (Å²) in [5.41, 5.74) is 7.37. The topological polar surface area (TPSA) is 53.9 Å². The quantitative estimate of drug-likeness (QED) is 0.704. The van der Waals surface area contributed by atoms with Crippen LogP contribution in [-0.2, 0) is 32.5 Å². The number of H-pyrrole nitrogens is 1. The molecule has 0 radical (unpaired) electrons. The average molecular weight is 389 g/mol. The lowest BCUT2D eigenvalue weighted by atomic mass is 9.97. The minimum Gasteiger partial charge on any atom is -0.312 e. The zero-order valence-electron chi connectivity index (χ0n) is 17.0. The SMILES string of the molecule is Cc1ccccc1Cc1cc2c(n(CC3CC3)c1=O)CCN(Cc1ccn[nH]1)C2. The van der Waals surface area contributed by atoms with Gasteiger partial charge < -0.3 is 4.57 Å². The van der Waals surface area contributed by atoms with Crippen molar-refractivity contribution in [3.8, 4) is 0 Å². The van der Waals surface area contributed by atoms with Gasteiger partial charge in [0.25, 0.3) is 5.56 Å². The monoisotopic (exact) mass is 388 g/mol. The first-order chi connectivity index (χ1) is 14.2. The Morgan fingerprint density at radius 3 is 2.79 bits per heavy atom. The molecule has 1 N–H and O–H groups in total. The van der Waals surface area contributed by atoms with Gasteiger partial charge >= 0.3 is 0 Å². The van der Waals surface area contributed by atoms with Crippen LogP contribution in [0.15, 0.2) is 47.4 Å². The van der Waals surface area contributed by atoms with Gasteiger partial charge in [0.15, 0.2) is 0 Å². The second-order valence-electron chi connectivity index (χ2n) is 8.65. The lowest BCUT2D eigenvalue weighted by molar-refractivity contribution is 0.236. The van der Waals surface area contributed by atoms with Gasteiger partial charge in [-0.05, 0) is 54.5 Å². The van der Waals surface area contributed by atoms with Crippen molar-refractivity contribution in [3.05, 3.63) is 86.6 Å². The van der Waals surface area contributed by atoms with Crippen LogP contribution in [0.25, 0.3) is 0 Å². The van der Waals surface area contributed by atoms with E-state index in [-0.39, 0.29) is 5.56 Å². The predicted octanol–water partition coefficient (Wildman–Crippen LogP) is 3.44. The van der Waals surface area contributed by atoms with Gasteiger partial charge in [-0.25, -0.2) is 0 Å². The first kappa shape index (κ1) is 18.4. The van der Waals surface area contributed by atoms with Crippen molar-refractivity contribution in [1.29, 1.82) is 0 Å². The zero-order chi connectivity index (χ0) is 19.8. The summed E-state index contributed by atoms with van der Waals surface area (Å²) < 4.78 is 2.12. The Morgan fingerprint density at radius 2 is 2.03 bits per heavy atom. The van der Waals surface area contributed by atoms with E-state index in [1.807, 2.05) is 6.07 Å². The van der Waals surface area contributed by atoms with Crippen LogP contribution < -0.4 is 5.56 Å². The number of nitrogens with zero attached hydrogens (tertiary/aromatic N) is 3. The van der Waals surface area contributed by atoms with E-state index >= 15 is 0 Å². The van der Waals surface area contributed by atoms with Crippen molar-refractivity contribution in [1.82, 2.24) is 19.7 Å². The maximum atomic E-state index is 13.4. The van der Waals surface area contributed by atoms with Gasteiger partial charge in [0.05, 0.1) is 0 Å². The maximum absolute atomic E-state index is 13.4. The zero-order valence-corrected chi connectivity index (χ0v) is 17.0. The lowest BCUT2D eigenvalue weighted by Gasteiger charge is -2.31. The van der Waals surface area contributed by atoms with Crippen molar-refractivity contribution in [3.63, 3.8) is 0 Å². The summed E-state index contributed by atoms with van der Waals surface area (Å²) in [6.07, 6.45) is 5.98. The summed E-state index contributed by atoms with van der Waals surface area (Å²) in [4.78, 5) is 15.8. The second kappa shape index (κ2) is 7.64. The number of hydrogen-bond acceptors (Lipinski definition) is 3. The molecular weight excluding hydrogens is 360 g/mol. The van der Waals surface area contributed by atoms with Crippen molar-refractivity contribution < 1.29 is 0 Å². The van der Waals surface area contributed by atoms with E-state index in [2.05, 4.69) is 56.9 Å². The third-order valence-corrected chi connectivity index (χ3v) is 6.36. The normalized spacial score (nSPS) is 16.7. The van der Waals surface area contributed by atoms with Gasteiger partial charge in [0.2, 0.25) is 0 Å². The largest absolute Gasteiger partial charge is 0.312 e. The molecule has 0 unspecified atom stereocenters. The van der Waals surface area contributed by atoms with Crippen LogP contribution in [0.2, 0.25) is 0 Å². The van der Waals surface area contributed by atoms with E-state index in [1.165, 1.54) is 35.2 Å². The number of benzene rings is 1. The highest BCUT2D eigenvalue weighted by atomic mass is 16.1. The molecule has 3 aromatic rings. The van der Waals surface area contributed by atoms with E-state index < -0.39 is 0 Å². The molecule has 0 saturated heterocycles. The first-order valence-electron chi connectivity index (χ1n) is 10.7.